The third-order valence-corrected chi connectivity index (χ3v) is 7.35. The molecule has 0 spiro atoms. The van der Waals surface area contributed by atoms with Gasteiger partial charge < -0.3 is 14.7 Å². The van der Waals surface area contributed by atoms with Crippen molar-refractivity contribution in [1.82, 2.24) is 9.80 Å². The SMILES string of the molecule is CCCN(CC(=O)N1CCc2sccc2C1COc1ccc(C)cc1)CC(O)c1ccccc1. The Kier molecular flexibility index (Phi) is 8.38. The topological polar surface area (TPSA) is 53.0 Å². The lowest BCUT2D eigenvalue weighted by atomic mass is 10.00. The van der Waals surface area contributed by atoms with Crippen LogP contribution in [0, 0.1) is 6.92 Å². The van der Waals surface area contributed by atoms with E-state index >= 15 is 0 Å². The highest BCUT2D eigenvalue weighted by Gasteiger charge is 2.33. The molecule has 0 saturated heterocycles. The minimum atomic E-state index is -0.619. The second-order valence-corrected chi connectivity index (χ2v) is 9.94. The van der Waals surface area contributed by atoms with Gasteiger partial charge in [0.2, 0.25) is 5.91 Å². The lowest BCUT2D eigenvalue weighted by Gasteiger charge is -2.37. The molecule has 34 heavy (non-hydrogen) atoms. The number of ether oxygens (including phenoxy) is 1. The van der Waals surface area contributed by atoms with Gasteiger partial charge in [-0.25, -0.2) is 0 Å². The normalized spacial score (nSPS) is 16.4. The Morgan fingerprint density at radius 3 is 2.68 bits per heavy atom. The second-order valence-electron chi connectivity index (χ2n) is 8.94. The number of rotatable bonds is 10. The van der Waals surface area contributed by atoms with E-state index in [0.717, 1.165) is 30.7 Å². The van der Waals surface area contributed by atoms with Gasteiger partial charge in [0.05, 0.1) is 18.7 Å². The first-order chi connectivity index (χ1) is 16.5. The molecule has 0 radical (unpaired) electrons. The van der Waals surface area contributed by atoms with E-state index in [-0.39, 0.29) is 18.5 Å². The van der Waals surface area contributed by atoms with Gasteiger partial charge in [0.25, 0.3) is 0 Å². The number of thiophene rings is 1. The van der Waals surface area contributed by atoms with Crippen molar-refractivity contribution in [3.63, 3.8) is 0 Å². The Morgan fingerprint density at radius 2 is 1.94 bits per heavy atom. The molecule has 1 aromatic heterocycles. The van der Waals surface area contributed by atoms with E-state index in [2.05, 4.69) is 30.2 Å². The Balaban J connectivity index is 1.45. The van der Waals surface area contributed by atoms with Crippen LogP contribution in [0.4, 0.5) is 0 Å². The summed E-state index contributed by atoms with van der Waals surface area (Å²) in [5, 5.41) is 12.8. The molecule has 1 aliphatic heterocycles. The summed E-state index contributed by atoms with van der Waals surface area (Å²) in [6, 6.07) is 19.7. The number of aryl methyl sites for hydroxylation is 1. The van der Waals surface area contributed by atoms with E-state index < -0.39 is 6.10 Å². The molecular formula is C28H34N2O3S. The first-order valence-corrected chi connectivity index (χ1v) is 12.9. The third kappa shape index (κ3) is 6.06. The van der Waals surface area contributed by atoms with Gasteiger partial charge in [-0.2, -0.15) is 0 Å². The molecule has 180 valence electrons. The van der Waals surface area contributed by atoms with Crippen LogP contribution in [0.2, 0.25) is 0 Å². The summed E-state index contributed by atoms with van der Waals surface area (Å²) in [6.45, 7) is 6.76. The second kappa shape index (κ2) is 11.6. The highest BCUT2D eigenvalue weighted by atomic mass is 32.1. The fourth-order valence-corrected chi connectivity index (χ4v) is 5.47. The Morgan fingerprint density at radius 1 is 1.18 bits per heavy atom. The van der Waals surface area contributed by atoms with E-state index in [1.54, 1.807) is 11.3 Å². The molecule has 3 aromatic rings. The van der Waals surface area contributed by atoms with Crippen molar-refractivity contribution in [3.05, 3.63) is 87.6 Å². The average molecular weight is 479 g/mol. The Labute approximate surface area is 206 Å². The van der Waals surface area contributed by atoms with Crippen LogP contribution in [0.5, 0.6) is 5.75 Å². The van der Waals surface area contributed by atoms with E-state index in [0.29, 0.717) is 19.7 Å². The number of hydrogen-bond acceptors (Lipinski definition) is 5. The standard InChI is InChI=1S/C28H34N2O3S/c1-3-15-29(18-26(31)22-7-5-4-6-8-22)19-28(32)30-16-13-27-24(14-17-34-27)25(30)20-33-23-11-9-21(2)10-12-23/h4-12,14,17,25-26,31H,3,13,15-16,18-20H2,1-2H3. The Hall–Kier alpha value is -2.67. The summed E-state index contributed by atoms with van der Waals surface area (Å²) in [6.07, 6.45) is 1.18. The third-order valence-electron chi connectivity index (χ3n) is 6.36. The molecule has 1 amide bonds. The number of carbonyl (C=O) groups is 1. The number of fused-ring (bicyclic) bond motifs is 1. The minimum Gasteiger partial charge on any atom is -0.491 e. The first kappa shape index (κ1) is 24.5. The molecule has 0 saturated carbocycles. The smallest absolute Gasteiger partial charge is 0.237 e. The lowest BCUT2D eigenvalue weighted by Crippen LogP contribution is -2.47. The van der Waals surface area contributed by atoms with Crippen LogP contribution in [-0.4, -0.2) is 53.6 Å². The van der Waals surface area contributed by atoms with Crippen molar-refractivity contribution in [2.45, 2.75) is 38.8 Å². The van der Waals surface area contributed by atoms with E-state index in [4.69, 9.17) is 4.74 Å². The highest BCUT2D eigenvalue weighted by molar-refractivity contribution is 7.10. The van der Waals surface area contributed by atoms with Gasteiger partial charge in [-0.1, -0.05) is 55.0 Å². The summed E-state index contributed by atoms with van der Waals surface area (Å²) in [5.74, 6) is 0.905. The molecule has 4 rings (SSSR count). The fourth-order valence-electron chi connectivity index (χ4n) is 4.54. The fraction of sp³-hybridized carbons (Fsp3) is 0.393. The molecule has 2 atom stereocenters. The van der Waals surface area contributed by atoms with Crippen molar-refractivity contribution < 1.29 is 14.6 Å². The number of aliphatic hydroxyl groups is 1. The highest BCUT2D eigenvalue weighted by Crippen LogP contribution is 2.34. The monoisotopic (exact) mass is 478 g/mol. The minimum absolute atomic E-state index is 0.0862. The van der Waals surface area contributed by atoms with Gasteiger partial charge >= 0.3 is 0 Å². The van der Waals surface area contributed by atoms with Gasteiger partial charge in [-0.05, 0) is 61.0 Å². The van der Waals surface area contributed by atoms with Crippen LogP contribution in [0.1, 0.15) is 47.1 Å². The van der Waals surface area contributed by atoms with Crippen molar-refractivity contribution in [1.29, 1.82) is 0 Å². The van der Waals surface area contributed by atoms with Gasteiger partial charge in [-0.3, -0.25) is 9.69 Å². The number of aliphatic hydroxyl groups excluding tert-OH is 1. The van der Waals surface area contributed by atoms with Crippen LogP contribution < -0.4 is 4.74 Å². The summed E-state index contributed by atoms with van der Waals surface area (Å²) >= 11 is 1.76. The zero-order chi connectivity index (χ0) is 23.9. The molecule has 0 aliphatic carbocycles. The predicted molar refractivity (Wildman–Crippen MR) is 137 cm³/mol. The van der Waals surface area contributed by atoms with Crippen LogP contribution >= 0.6 is 11.3 Å². The number of carbonyl (C=O) groups excluding carboxylic acids is 1. The molecule has 0 bridgehead atoms. The summed E-state index contributed by atoms with van der Waals surface area (Å²) < 4.78 is 6.14. The lowest BCUT2D eigenvalue weighted by molar-refractivity contribution is -0.136. The molecule has 2 unspecified atom stereocenters. The van der Waals surface area contributed by atoms with Gasteiger partial charge in [0, 0.05) is 18.0 Å². The van der Waals surface area contributed by atoms with Crippen LogP contribution in [0.15, 0.2) is 66.0 Å². The number of benzene rings is 2. The van der Waals surface area contributed by atoms with E-state index in [9.17, 15) is 9.90 Å². The molecule has 0 fully saturated rings. The van der Waals surface area contributed by atoms with Crippen molar-refractivity contribution in [2.24, 2.45) is 0 Å². The van der Waals surface area contributed by atoms with E-state index in [1.165, 1.54) is 16.0 Å². The molecule has 1 N–H and O–H groups in total. The van der Waals surface area contributed by atoms with Crippen molar-refractivity contribution in [2.75, 3.05) is 32.8 Å². The predicted octanol–water partition coefficient (Wildman–Crippen LogP) is 5.01. The zero-order valence-electron chi connectivity index (χ0n) is 20.0. The van der Waals surface area contributed by atoms with E-state index in [1.807, 2.05) is 59.5 Å². The summed E-state index contributed by atoms with van der Waals surface area (Å²) in [4.78, 5) is 18.9. The van der Waals surface area contributed by atoms with Crippen LogP contribution in [0.3, 0.4) is 0 Å². The molecule has 5 nitrogen and oxygen atoms in total. The largest absolute Gasteiger partial charge is 0.491 e. The Bertz CT molecular complexity index is 1050. The quantitative estimate of drug-likeness (QED) is 0.445. The maximum atomic E-state index is 13.5. The van der Waals surface area contributed by atoms with Gasteiger partial charge in [-0.15, -0.1) is 11.3 Å². The van der Waals surface area contributed by atoms with Crippen molar-refractivity contribution >= 4 is 17.2 Å². The maximum absolute atomic E-state index is 13.5. The molecule has 1 aliphatic rings. The summed E-state index contributed by atoms with van der Waals surface area (Å²) in [7, 11) is 0. The average Bonchev–Trinajstić information content (AvgIpc) is 3.33. The first-order valence-electron chi connectivity index (χ1n) is 12.1. The zero-order valence-corrected chi connectivity index (χ0v) is 20.8. The van der Waals surface area contributed by atoms with Gasteiger partial charge in [0.1, 0.15) is 12.4 Å². The molecule has 2 aromatic carbocycles. The maximum Gasteiger partial charge on any atom is 0.237 e. The number of nitrogens with zero attached hydrogens (tertiary/aromatic N) is 2. The van der Waals surface area contributed by atoms with Crippen LogP contribution in [-0.2, 0) is 11.2 Å². The molecule has 6 heteroatoms. The number of hydrogen-bond donors (Lipinski definition) is 1. The number of amides is 1. The van der Waals surface area contributed by atoms with Crippen LogP contribution in [0.25, 0.3) is 0 Å². The molecular weight excluding hydrogens is 444 g/mol. The van der Waals surface area contributed by atoms with Crippen molar-refractivity contribution in [3.8, 4) is 5.75 Å². The van der Waals surface area contributed by atoms with Gasteiger partial charge in [0.15, 0.2) is 0 Å². The molecule has 2 heterocycles. The summed E-state index contributed by atoms with van der Waals surface area (Å²) in [5.41, 5.74) is 3.26.